The standard InChI is InChI=1S/C24H25ClN4O4/c1-33-14-13-27-15-24(10-11-24)29(23(27)32)17-7-5-16(6-8-17)18-3-2-4-19(21(18)25)28-12-9-20(30)26-22(28)31/h2-8H,9-15H2,1H3,(H,26,30,31). The average molecular weight is 469 g/mol. The maximum absolute atomic E-state index is 13.1. The summed E-state index contributed by atoms with van der Waals surface area (Å²) in [7, 11) is 1.64. The summed E-state index contributed by atoms with van der Waals surface area (Å²) >= 11 is 6.70. The lowest BCUT2D eigenvalue weighted by atomic mass is 10.0. The van der Waals surface area contributed by atoms with Gasteiger partial charge in [-0.1, -0.05) is 35.9 Å². The van der Waals surface area contributed by atoms with E-state index in [4.69, 9.17) is 16.3 Å². The van der Waals surface area contributed by atoms with E-state index in [0.29, 0.717) is 23.9 Å². The minimum Gasteiger partial charge on any atom is -0.383 e. The van der Waals surface area contributed by atoms with Gasteiger partial charge in [0.1, 0.15) is 0 Å². The second-order valence-electron chi connectivity index (χ2n) is 8.70. The number of nitrogens with one attached hydrogen (secondary N) is 1. The fourth-order valence-corrected chi connectivity index (χ4v) is 5.00. The van der Waals surface area contributed by atoms with Gasteiger partial charge in [0.05, 0.1) is 22.9 Å². The molecule has 2 aliphatic heterocycles. The van der Waals surface area contributed by atoms with Crippen LogP contribution in [0.4, 0.5) is 21.0 Å². The van der Waals surface area contributed by atoms with Gasteiger partial charge in [-0.2, -0.15) is 0 Å². The Morgan fingerprint density at radius 2 is 1.85 bits per heavy atom. The van der Waals surface area contributed by atoms with Crippen molar-refractivity contribution >= 4 is 40.9 Å². The van der Waals surface area contributed by atoms with Gasteiger partial charge >= 0.3 is 12.1 Å². The van der Waals surface area contributed by atoms with Crippen molar-refractivity contribution in [2.45, 2.75) is 24.8 Å². The van der Waals surface area contributed by atoms with Crippen LogP contribution in [0.25, 0.3) is 11.1 Å². The number of benzene rings is 2. The summed E-state index contributed by atoms with van der Waals surface area (Å²) in [6.45, 7) is 2.12. The molecule has 3 aliphatic rings. The van der Waals surface area contributed by atoms with Crippen molar-refractivity contribution in [2.24, 2.45) is 0 Å². The largest absolute Gasteiger partial charge is 0.383 e. The van der Waals surface area contributed by atoms with Gasteiger partial charge in [-0.05, 0) is 36.6 Å². The minimum absolute atomic E-state index is 0.0167. The van der Waals surface area contributed by atoms with E-state index in [-0.39, 0.29) is 30.4 Å². The maximum Gasteiger partial charge on any atom is 0.328 e. The fourth-order valence-electron chi connectivity index (χ4n) is 4.66. The highest BCUT2D eigenvalue weighted by atomic mass is 35.5. The molecule has 0 aromatic heterocycles. The van der Waals surface area contributed by atoms with Crippen LogP contribution >= 0.6 is 11.6 Å². The first-order chi connectivity index (χ1) is 15.9. The number of halogens is 1. The van der Waals surface area contributed by atoms with E-state index in [1.807, 2.05) is 46.2 Å². The summed E-state index contributed by atoms with van der Waals surface area (Å²) in [5.41, 5.74) is 2.97. The van der Waals surface area contributed by atoms with Crippen molar-refractivity contribution in [1.29, 1.82) is 0 Å². The summed E-state index contributed by atoms with van der Waals surface area (Å²) in [6.07, 6.45) is 2.23. The molecule has 5 amide bonds. The van der Waals surface area contributed by atoms with Gasteiger partial charge in [0, 0.05) is 44.4 Å². The van der Waals surface area contributed by atoms with Gasteiger partial charge < -0.3 is 9.64 Å². The summed E-state index contributed by atoms with van der Waals surface area (Å²) in [5, 5.41) is 2.77. The van der Waals surface area contributed by atoms with Crippen molar-refractivity contribution in [1.82, 2.24) is 10.2 Å². The minimum atomic E-state index is -0.471. The van der Waals surface area contributed by atoms with E-state index in [0.717, 1.165) is 36.2 Å². The smallest absolute Gasteiger partial charge is 0.328 e. The zero-order valence-electron chi connectivity index (χ0n) is 18.3. The van der Waals surface area contributed by atoms with Crippen LogP contribution in [0.5, 0.6) is 0 Å². The predicted octanol–water partition coefficient (Wildman–Crippen LogP) is 3.87. The Balaban J connectivity index is 1.40. The molecule has 1 saturated carbocycles. The molecule has 2 saturated heterocycles. The molecule has 1 aliphatic carbocycles. The SMILES string of the molecule is COCCN1CC2(CC2)N(c2ccc(-c3cccc(N4CCC(=O)NC4=O)c3Cl)cc2)C1=O. The molecule has 8 nitrogen and oxygen atoms in total. The molecule has 33 heavy (non-hydrogen) atoms. The molecule has 0 radical (unpaired) electrons. The molecule has 1 N–H and O–H groups in total. The summed E-state index contributed by atoms with van der Waals surface area (Å²) in [6, 6.07) is 12.8. The molecule has 0 atom stereocenters. The first-order valence-electron chi connectivity index (χ1n) is 11.0. The molecule has 5 rings (SSSR count). The molecule has 2 heterocycles. The van der Waals surface area contributed by atoms with E-state index < -0.39 is 6.03 Å². The van der Waals surface area contributed by atoms with Gasteiger partial charge in [0.2, 0.25) is 5.91 Å². The van der Waals surface area contributed by atoms with E-state index >= 15 is 0 Å². The van der Waals surface area contributed by atoms with Gasteiger partial charge in [-0.3, -0.25) is 19.9 Å². The number of ether oxygens (including phenoxy) is 1. The van der Waals surface area contributed by atoms with Crippen molar-refractivity contribution in [2.75, 3.05) is 43.2 Å². The number of methoxy groups -OCH3 is 1. The van der Waals surface area contributed by atoms with Crippen LogP contribution in [-0.2, 0) is 9.53 Å². The molecule has 2 aromatic rings. The number of amides is 5. The third kappa shape index (κ3) is 3.83. The topological polar surface area (TPSA) is 82.2 Å². The fraction of sp³-hybridized carbons (Fsp3) is 0.375. The van der Waals surface area contributed by atoms with Crippen LogP contribution in [0.2, 0.25) is 5.02 Å². The second-order valence-corrected chi connectivity index (χ2v) is 9.08. The van der Waals surface area contributed by atoms with E-state index in [1.54, 1.807) is 13.2 Å². The number of urea groups is 2. The Morgan fingerprint density at radius 1 is 1.09 bits per heavy atom. The average Bonchev–Trinajstić information content (AvgIpc) is 3.51. The van der Waals surface area contributed by atoms with Gasteiger partial charge in [-0.15, -0.1) is 0 Å². The zero-order chi connectivity index (χ0) is 23.2. The third-order valence-corrected chi connectivity index (χ3v) is 6.97. The normalized spacial score (nSPS) is 19.5. The number of carbonyl (C=O) groups is 3. The van der Waals surface area contributed by atoms with Crippen LogP contribution in [0.15, 0.2) is 42.5 Å². The molecule has 0 unspecified atom stereocenters. The lowest BCUT2D eigenvalue weighted by Gasteiger charge is -2.28. The summed E-state index contributed by atoms with van der Waals surface area (Å²) < 4.78 is 5.15. The van der Waals surface area contributed by atoms with Crippen molar-refractivity contribution in [3.05, 3.63) is 47.5 Å². The lowest BCUT2D eigenvalue weighted by molar-refractivity contribution is -0.120. The van der Waals surface area contributed by atoms with Gasteiger partial charge in [0.15, 0.2) is 0 Å². The molecule has 1 spiro atoms. The first-order valence-corrected chi connectivity index (χ1v) is 11.4. The summed E-state index contributed by atoms with van der Waals surface area (Å²) in [4.78, 5) is 42.1. The van der Waals surface area contributed by atoms with E-state index in [1.165, 1.54) is 4.90 Å². The van der Waals surface area contributed by atoms with Crippen LogP contribution in [0.1, 0.15) is 19.3 Å². The zero-order valence-corrected chi connectivity index (χ0v) is 19.1. The second kappa shape index (κ2) is 8.35. The maximum atomic E-state index is 13.1. The highest BCUT2D eigenvalue weighted by molar-refractivity contribution is 6.36. The third-order valence-electron chi connectivity index (χ3n) is 6.57. The van der Waals surface area contributed by atoms with Gasteiger partial charge in [-0.25, -0.2) is 9.59 Å². The van der Waals surface area contributed by atoms with Crippen molar-refractivity contribution < 1.29 is 19.1 Å². The first kappa shape index (κ1) is 21.7. The molecule has 0 bridgehead atoms. The Labute approximate surface area is 197 Å². The van der Waals surface area contributed by atoms with E-state index in [9.17, 15) is 14.4 Å². The molecule has 3 fully saturated rings. The van der Waals surface area contributed by atoms with Crippen molar-refractivity contribution in [3.63, 3.8) is 0 Å². The number of imide groups is 1. The summed E-state index contributed by atoms with van der Waals surface area (Å²) in [5.74, 6) is -0.287. The Hall–Kier alpha value is -3.10. The quantitative estimate of drug-likeness (QED) is 0.697. The Kier molecular flexibility index (Phi) is 5.50. The number of hydrogen-bond acceptors (Lipinski definition) is 4. The highest BCUT2D eigenvalue weighted by Gasteiger charge is 2.58. The lowest BCUT2D eigenvalue weighted by Crippen LogP contribution is -2.49. The van der Waals surface area contributed by atoms with E-state index in [2.05, 4.69) is 5.32 Å². The monoisotopic (exact) mass is 468 g/mol. The highest BCUT2D eigenvalue weighted by Crippen LogP contribution is 2.49. The number of nitrogens with zero attached hydrogens (tertiary/aromatic N) is 3. The van der Waals surface area contributed by atoms with Crippen molar-refractivity contribution in [3.8, 4) is 11.1 Å². The number of anilines is 2. The molecule has 172 valence electrons. The number of carbonyl (C=O) groups excluding carboxylic acids is 3. The van der Waals surface area contributed by atoms with Crippen LogP contribution < -0.4 is 15.1 Å². The van der Waals surface area contributed by atoms with Crippen LogP contribution in [0, 0.1) is 0 Å². The Morgan fingerprint density at radius 3 is 2.52 bits per heavy atom. The van der Waals surface area contributed by atoms with Crippen LogP contribution in [0.3, 0.4) is 0 Å². The van der Waals surface area contributed by atoms with Crippen LogP contribution in [-0.4, -0.2) is 61.8 Å². The molecular formula is C24H25ClN4O4. The molecule has 9 heteroatoms. The number of hydrogen-bond donors (Lipinski definition) is 1. The molecular weight excluding hydrogens is 444 g/mol. The number of rotatable bonds is 6. The molecule has 2 aromatic carbocycles. The predicted molar refractivity (Wildman–Crippen MR) is 126 cm³/mol. The Bertz CT molecular complexity index is 1120. The van der Waals surface area contributed by atoms with Gasteiger partial charge in [0.25, 0.3) is 0 Å².